The zero-order valence-electron chi connectivity index (χ0n) is 18.7. The third kappa shape index (κ3) is 5.17. The summed E-state index contributed by atoms with van der Waals surface area (Å²) in [6.07, 6.45) is 0.0425. The Morgan fingerprint density at radius 3 is 2.17 bits per heavy atom. The quantitative estimate of drug-likeness (QED) is 0.379. The number of nitrogens with zero attached hydrogens (tertiary/aromatic N) is 1. The number of imide groups is 1. The lowest BCUT2D eigenvalue weighted by atomic mass is 10.0. The van der Waals surface area contributed by atoms with E-state index in [0.29, 0.717) is 16.5 Å². The number of benzene rings is 3. The first-order valence-electron chi connectivity index (χ1n) is 10.7. The minimum atomic E-state index is -1.24. The Morgan fingerprint density at radius 2 is 1.57 bits per heavy atom. The molecule has 1 aliphatic heterocycles. The van der Waals surface area contributed by atoms with Crippen LogP contribution in [0.4, 0.5) is 5.69 Å². The van der Waals surface area contributed by atoms with E-state index in [1.807, 2.05) is 6.07 Å². The maximum atomic E-state index is 13.1. The Labute approximate surface area is 206 Å². The second-order valence-electron chi connectivity index (χ2n) is 7.74. The lowest BCUT2D eigenvalue weighted by Crippen LogP contribution is -2.47. The summed E-state index contributed by atoms with van der Waals surface area (Å²) in [6.45, 7) is -0.614. The van der Waals surface area contributed by atoms with Crippen LogP contribution in [0.1, 0.15) is 26.3 Å². The Bertz CT molecular complexity index is 1260. The van der Waals surface area contributed by atoms with Crippen LogP contribution < -0.4 is 10.1 Å². The molecule has 3 amide bonds. The Hall–Kier alpha value is -4.17. The van der Waals surface area contributed by atoms with Crippen molar-refractivity contribution in [1.29, 1.82) is 0 Å². The van der Waals surface area contributed by atoms with Gasteiger partial charge in [0.2, 0.25) is 0 Å². The zero-order chi connectivity index (χ0) is 24.9. The molecule has 4 rings (SSSR count). The Morgan fingerprint density at radius 1 is 0.943 bits per heavy atom. The number of hydrogen-bond acceptors (Lipinski definition) is 6. The van der Waals surface area contributed by atoms with Crippen molar-refractivity contribution in [2.75, 3.05) is 19.0 Å². The summed E-state index contributed by atoms with van der Waals surface area (Å²) in [6, 6.07) is 18.7. The summed E-state index contributed by atoms with van der Waals surface area (Å²) in [5.74, 6) is -2.20. The molecular formula is C26H21ClN2O6. The number of anilines is 1. The highest BCUT2D eigenvalue weighted by molar-refractivity contribution is 6.32. The van der Waals surface area contributed by atoms with Crippen LogP contribution in [0.5, 0.6) is 5.75 Å². The molecule has 0 spiro atoms. The minimum Gasteiger partial charge on any atom is -0.495 e. The van der Waals surface area contributed by atoms with Crippen LogP contribution in [0.2, 0.25) is 5.02 Å². The molecule has 0 aromatic heterocycles. The molecule has 0 bridgehead atoms. The van der Waals surface area contributed by atoms with Crippen LogP contribution in [0.3, 0.4) is 0 Å². The number of carbonyl (C=O) groups excluding carboxylic acids is 4. The summed E-state index contributed by atoms with van der Waals surface area (Å²) in [5, 5.41) is 2.88. The van der Waals surface area contributed by atoms with Gasteiger partial charge >= 0.3 is 5.97 Å². The van der Waals surface area contributed by atoms with Crippen molar-refractivity contribution < 1.29 is 28.7 Å². The van der Waals surface area contributed by atoms with E-state index < -0.39 is 36.3 Å². The monoisotopic (exact) mass is 492 g/mol. The van der Waals surface area contributed by atoms with Gasteiger partial charge in [0.05, 0.1) is 23.3 Å². The number of rotatable bonds is 8. The van der Waals surface area contributed by atoms with Crippen molar-refractivity contribution in [2.24, 2.45) is 0 Å². The standard InChI is InChI=1S/C26H21ClN2O6/c1-34-22-12-11-17(14-20(22)27)28-23(30)15-35-26(33)21(13-16-7-3-2-4-8-16)29-24(31)18-9-5-6-10-19(18)25(29)32/h2-12,14,21H,13,15H2,1H3,(H,28,30). The van der Waals surface area contributed by atoms with Gasteiger partial charge in [0.25, 0.3) is 17.7 Å². The summed E-state index contributed by atoms with van der Waals surface area (Å²) in [5.41, 5.74) is 1.55. The number of amides is 3. The largest absolute Gasteiger partial charge is 0.495 e. The lowest BCUT2D eigenvalue weighted by molar-refractivity contribution is -0.151. The summed E-state index contributed by atoms with van der Waals surface area (Å²) in [7, 11) is 1.47. The highest BCUT2D eigenvalue weighted by Crippen LogP contribution is 2.28. The predicted molar refractivity (Wildman–Crippen MR) is 128 cm³/mol. The highest BCUT2D eigenvalue weighted by atomic mass is 35.5. The molecule has 0 radical (unpaired) electrons. The van der Waals surface area contributed by atoms with Crippen LogP contribution in [0.15, 0.2) is 72.8 Å². The smallest absolute Gasteiger partial charge is 0.330 e. The molecule has 1 atom stereocenters. The molecule has 0 fully saturated rings. The Kier molecular flexibility index (Phi) is 7.12. The topological polar surface area (TPSA) is 102 Å². The van der Waals surface area contributed by atoms with Gasteiger partial charge in [-0.15, -0.1) is 0 Å². The molecule has 178 valence electrons. The molecule has 1 N–H and O–H groups in total. The molecule has 0 saturated carbocycles. The first-order chi connectivity index (χ1) is 16.9. The number of halogens is 1. The van der Waals surface area contributed by atoms with Gasteiger partial charge in [-0.3, -0.25) is 19.3 Å². The van der Waals surface area contributed by atoms with Crippen LogP contribution in [0.25, 0.3) is 0 Å². The Balaban J connectivity index is 1.49. The molecule has 8 nitrogen and oxygen atoms in total. The van der Waals surface area contributed by atoms with Crippen LogP contribution in [-0.2, 0) is 20.7 Å². The molecule has 3 aromatic carbocycles. The van der Waals surface area contributed by atoms with Gasteiger partial charge < -0.3 is 14.8 Å². The van der Waals surface area contributed by atoms with E-state index in [-0.39, 0.29) is 17.5 Å². The molecule has 0 aliphatic carbocycles. The molecule has 9 heteroatoms. The van der Waals surface area contributed by atoms with Gasteiger partial charge in [-0.2, -0.15) is 0 Å². The number of methoxy groups -OCH3 is 1. The van der Waals surface area contributed by atoms with E-state index in [4.69, 9.17) is 21.1 Å². The average Bonchev–Trinajstić information content (AvgIpc) is 3.12. The maximum Gasteiger partial charge on any atom is 0.330 e. The molecule has 3 aromatic rings. The lowest BCUT2D eigenvalue weighted by Gasteiger charge is -2.24. The van der Waals surface area contributed by atoms with Crippen LogP contribution in [0, 0.1) is 0 Å². The van der Waals surface area contributed by atoms with Gasteiger partial charge in [0.15, 0.2) is 6.61 Å². The number of hydrogen-bond donors (Lipinski definition) is 1. The predicted octanol–water partition coefficient (Wildman–Crippen LogP) is 3.74. The second kappa shape index (κ2) is 10.4. The number of ether oxygens (including phenoxy) is 2. The van der Waals surface area contributed by atoms with E-state index in [0.717, 1.165) is 10.5 Å². The maximum absolute atomic E-state index is 13.1. The number of fused-ring (bicyclic) bond motifs is 1. The molecule has 1 aliphatic rings. The first kappa shape index (κ1) is 24.0. The molecule has 35 heavy (non-hydrogen) atoms. The van der Waals surface area contributed by atoms with E-state index >= 15 is 0 Å². The van der Waals surface area contributed by atoms with Crippen molar-refractivity contribution in [1.82, 2.24) is 4.90 Å². The summed E-state index contributed by atoms with van der Waals surface area (Å²) >= 11 is 6.07. The molecular weight excluding hydrogens is 472 g/mol. The van der Waals surface area contributed by atoms with E-state index in [2.05, 4.69) is 5.32 Å². The van der Waals surface area contributed by atoms with Gasteiger partial charge in [-0.1, -0.05) is 54.1 Å². The third-order valence-electron chi connectivity index (χ3n) is 5.46. The van der Waals surface area contributed by atoms with Crippen LogP contribution in [-0.4, -0.2) is 48.3 Å². The van der Waals surface area contributed by atoms with Gasteiger partial charge in [0, 0.05) is 12.1 Å². The van der Waals surface area contributed by atoms with Crippen molar-refractivity contribution in [3.05, 3.63) is 94.5 Å². The normalized spacial score (nSPS) is 13.3. The molecule has 1 heterocycles. The van der Waals surface area contributed by atoms with E-state index in [1.165, 1.54) is 25.3 Å². The average molecular weight is 493 g/mol. The van der Waals surface area contributed by atoms with Crippen molar-refractivity contribution in [2.45, 2.75) is 12.5 Å². The molecule has 1 unspecified atom stereocenters. The first-order valence-corrected chi connectivity index (χ1v) is 11.1. The molecule has 0 saturated heterocycles. The number of esters is 1. The second-order valence-corrected chi connectivity index (χ2v) is 8.14. The summed E-state index contributed by atoms with van der Waals surface area (Å²) in [4.78, 5) is 52.4. The van der Waals surface area contributed by atoms with Gasteiger partial charge in [0.1, 0.15) is 11.8 Å². The van der Waals surface area contributed by atoms with Crippen LogP contribution >= 0.6 is 11.6 Å². The van der Waals surface area contributed by atoms with E-state index in [1.54, 1.807) is 48.5 Å². The SMILES string of the molecule is COc1ccc(NC(=O)COC(=O)C(Cc2ccccc2)N2C(=O)c3ccccc3C2=O)cc1Cl. The third-order valence-corrected chi connectivity index (χ3v) is 5.76. The van der Waals surface area contributed by atoms with Gasteiger partial charge in [-0.05, 0) is 35.9 Å². The summed E-state index contributed by atoms with van der Waals surface area (Å²) < 4.78 is 10.3. The fraction of sp³-hybridized carbons (Fsp3) is 0.154. The fourth-order valence-corrected chi connectivity index (χ4v) is 4.04. The van der Waals surface area contributed by atoms with Crippen molar-refractivity contribution in [3.8, 4) is 5.75 Å². The minimum absolute atomic E-state index is 0.0425. The van der Waals surface area contributed by atoms with Crippen molar-refractivity contribution in [3.63, 3.8) is 0 Å². The highest BCUT2D eigenvalue weighted by Gasteiger charge is 2.43. The van der Waals surface area contributed by atoms with E-state index in [9.17, 15) is 19.2 Å². The van der Waals surface area contributed by atoms with Gasteiger partial charge in [-0.25, -0.2) is 4.79 Å². The zero-order valence-corrected chi connectivity index (χ0v) is 19.5. The van der Waals surface area contributed by atoms with Crippen molar-refractivity contribution >= 4 is 41.0 Å². The fourth-order valence-electron chi connectivity index (χ4n) is 3.78. The number of nitrogens with one attached hydrogen (secondary N) is 1. The number of carbonyl (C=O) groups is 4.